The Hall–Kier alpha value is -3.01. The molecule has 0 spiro atoms. The van der Waals surface area contributed by atoms with Gasteiger partial charge >= 0.3 is 0 Å². The highest BCUT2D eigenvalue weighted by Crippen LogP contribution is 2.38. The molecule has 7 nitrogen and oxygen atoms in total. The lowest BCUT2D eigenvalue weighted by Gasteiger charge is -2.49. The predicted octanol–water partition coefficient (Wildman–Crippen LogP) is 5.66. The number of halogens is 3. The number of aromatic nitrogens is 2. The smallest absolute Gasteiger partial charge is 0.226 e. The number of nitrogens with zero attached hydrogens (tertiary/aromatic N) is 4. The summed E-state index contributed by atoms with van der Waals surface area (Å²) >= 11 is 6.37. The maximum absolute atomic E-state index is 13.8. The highest BCUT2D eigenvalue weighted by Gasteiger charge is 2.38. The minimum Gasteiger partial charge on any atom is -0.393 e. The van der Waals surface area contributed by atoms with Crippen molar-refractivity contribution in [3.63, 3.8) is 0 Å². The highest BCUT2D eigenvalue weighted by atomic mass is 35.5. The van der Waals surface area contributed by atoms with Crippen molar-refractivity contribution >= 4 is 28.9 Å². The van der Waals surface area contributed by atoms with E-state index in [1.807, 2.05) is 0 Å². The van der Waals surface area contributed by atoms with Gasteiger partial charge in [0.2, 0.25) is 5.28 Å². The maximum Gasteiger partial charge on any atom is 0.226 e. The van der Waals surface area contributed by atoms with Crippen LogP contribution in [0.15, 0.2) is 48.5 Å². The molecule has 39 heavy (non-hydrogen) atoms. The highest BCUT2D eigenvalue weighted by molar-refractivity contribution is 6.28. The molecule has 1 aromatic heterocycles. The van der Waals surface area contributed by atoms with Crippen LogP contribution in [-0.4, -0.2) is 59.3 Å². The topological polar surface area (TPSA) is 79.5 Å². The molecule has 0 bridgehead atoms. The molecule has 2 saturated heterocycles. The Labute approximate surface area is 233 Å². The van der Waals surface area contributed by atoms with Gasteiger partial charge in [-0.25, -0.2) is 8.78 Å². The summed E-state index contributed by atoms with van der Waals surface area (Å²) < 4.78 is 33.4. The van der Waals surface area contributed by atoms with E-state index in [9.17, 15) is 8.78 Å². The average Bonchev–Trinajstić information content (AvgIpc) is 3.45. The normalized spacial score (nSPS) is 22.0. The van der Waals surface area contributed by atoms with E-state index in [0.717, 1.165) is 37.0 Å². The molecule has 2 aliphatic heterocycles. The summed E-state index contributed by atoms with van der Waals surface area (Å²) in [7, 11) is 0. The quantitative estimate of drug-likeness (QED) is 0.347. The van der Waals surface area contributed by atoms with E-state index in [-0.39, 0.29) is 41.1 Å². The minimum atomic E-state index is -0.290. The molecular weight excluding hydrogens is 522 g/mol. The van der Waals surface area contributed by atoms with E-state index in [4.69, 9.17) is 22.1 Å². The van der Waals surface area contributed by atoms with Crippen LogP contribution in [0.5, 0.6) is 0 Å². The van der Waals surface area contributed by atoms with Crippen LogP contribution in [0.4, 0.5) is 26.1 Å². The summed E-state index contributed by atoms with van der Waals surface area (Å²) in [4.78, 5) is 13.5. The molecule has 0 radical (unpaired) electrons. The molecule has 5 rings (SSSR count). The van der Waals surface area contributed by atoms with E-state index >= 15 is 0 Å². The monoisotopic (exact) mass is 556 g/mol. The van der Waals surface area contributed by atoms with Gasteiger partial charge in [-0.05, 0) is 73.2 Å². The van der Waals surface area contributed by atoms with Crippen molar-refractivity contribution in [2.45, 2.75) is 57.3 Å². The molecule has 1 unspecified atom stereocenters. The number of rotatable bonds is 8. The van der Waals surface area contributed by atoms with Gasteiger partial charge in [-0.3, -0.25) is 4.90 Å². The molecule has 0 saturated carbocycles. The van der Waals surface area contributed by atoms with E-state index in [0.29, 0.717) is 37.0 Å². The molecule has 3 heterocycles. The number of ether oxygens (including phenoxy) is 1. The Bertz CT molecular complexity index is 1210. The fraction of sp³-hybridized carbons (Fsp3) is 0.448. The molecule has 2 aliphatic rings. The second-order valence-electron chi connectivity index (χ2n) is 10.4. The van der Waals surface area contributed by atoms with Gasteiger partial charge < -0.3 is 20.7 Å². The van der Waals surface area contributed by atoms with E-state index in [2.05, 4.69) is 38.9 Å². The van der Waals surface area contributed by atoms with E-state index < -0.39 is 0 Å². The molecule has 3 atom stereocenters. The van der Waals surface area contributed by atoms with Crippen molar-refractivity contribution in [1.82, 2.24) is 14.9 Å². The number of nitrogens with two attached hydrogens (primary N) is 1. The molecule has 3 N–H and O–H groups in total. The van der Waals surface area contributed by atoms with Crippen LogP contribution in [0, 0.1) is 11.6 Å². The Morgan fingerprint density at radius 3 is 2.26 bits per heavy atom. The molecule has 2 fully saturated rings. The van der Waals surface area contributed by atoms with Gasteiger partial charge in [0.15, 0.2) is 11.6 Å². The maximum atomic E-state index is 13.8. The first-order chi connectivity index (χ1) is 18.8. The summed E-state index contributed by atoms with van der Waals surface area (Å²) in [6.07, 6.45) is 3.03. The number of benzene rings is 2. The van der Waals surface area contributed by atoms with Crippen LogP contribution in [0.2, 0.25) is 5.28 Å². The molecular formula is C29H35ClF2N6O. The Morgan fingerprint density at radius 1 is 1.05 bits per heavy atom. The van der Waals surface area contributed by atoms with Gasteiger partial charge in [-0.15, -0.1) is 0 Å². The van der Waals surface area contributed by atoms with Crippen molar-refractivity contribution in [3.8, 4) is 0 Å². The third-order valence-electron chi connectivity index (χ3n) is 7.75. The molecule has 0 aliphatic carbocycles. The Balaban J connectivity index is 1.44. The van der Waals surface area contributed by atoms with Gasteiger partial charge in [-0.2, -0.15) is 9.97 Å². The molecule has 208 valence electrons. The standard InChI is InChI=1S/C29H35ClF2N6O/c1-3-23-17-37(28-25(33)27(35-29(30)36-28)34-15-24-5-4-14-39-24)18(2)16-38(23)26(19-6-10-21(31)11-7-19)20-8-12-22(32)13-9-20/h6-13,18,23-24,26H,3-5,14-17,33H2,1-2H3,(H,34,35,36)/t18-,23+,24?/m0/s1. The van der Waals surface area contributed by atoms with E-state index in [1.165, 1.54) is 24.3 Å². The number of piperazine rings is 1. The van der Waals surface area contributed by atoms with Crippen molar-refractivity contribution in [2.75, 3.05) is 42.2 Å². The van der Waals surface area contributed by atoms with Crippen LogP contribution in [0.1, 0.15) is 50.3 Å². The first kappa shape index (κ1) is 27.6. The SMILES string of the molecule is CC[C@@H]1CN(c2nc(Cl)nc(NCC3CCCO3)c2N)[C@@H](C)CN1C(c1ccc(F)cc1)c1ccc(F)cc1. The lowest BCUT2D eigenvalue weighted by molar-refractivity contribution is 0.115. The zero-order valence-corrected chi connectivity index (χ0v) is 23.0. The van der Waals surface area contributed by atoms with Gasteiger partial charge in [0.05, 0.1) is 12.1 Å². The molecule has 2 aromatic carbocycles. The largest absolute Gasteiger partial charge is 0.393 e. The summed E-state index contributed by atoms with van der Waals surface area (Å²) in [5, 5.41) is 3.44. The summed E-state index contributed by atoms with van der Waals surface area (Å²) in [6, 6.07) is 13.1. The van der Waals surface area contributed by atoms with Crippen LogP contribution in [0.3, 0.4) is 0 Å². The van der Waals surface area contributed by atoms with E-state index in [1.54, 1.807) is 24.3 Å². The van der Waals surface area contributed by atoms with Crippen LogP contribution >= 0.6 is 11.6 Å². The summed E-state index contributed by atoms with van der Waals surface area (Å²) in [6.45, 7) is 6.98. The van der Waals surface area contributed by atoms with Crippen LogP contribution in [-0.2, 0) is 4.74 Å². The fourth-order valence-electron chi connectivity index (χ4n) is 5.71. The molecule has 10 heteroatoms. The molecule has 3 aromatic rings. The Kier molecular flexibility index (Phi) is 8.49. The van der Waals surface area contributed by atoms with Crippen LogP contribution < -0.4 is 16.0 Å². The van der Waals surface area contributed by atoms with Crippen molar-refractivity contribution in [1.29, 1.82) is 0 Å². The third-order valence-corrected chi connectivity index (χ3v) is 7.92. The van der Waals surface area contributed by atoms with Gasteiger partial charge in [0.25, 0.3) is 0 Å². The minimum absolute atomic E-state index is 0.0236. The van der Waals surface area contributed by atoms with Crippen molar-refractivity contribution in [3.05, 3.63) is 76.6 Å². The number of hydrogen-bond acceptors (Lipinski definition) is 7. The van der Waals surface area contributed by atoms with Gasteiger partial charge in [0.1, 0.15) is 17.3 Å². The average molecular weight is 557 g/mol. The van der Waals surface area contributed by atoms with Gasteiger partial charge in [-0.1, -0.05) is 31.2 Å². The van der Waals surface area contributed by atoms with Crippen molar-refractivity contribution in [2.24, 2.45) is 0 Å². The third kappa shape index (κ3) is 6.10. The summed E-state index contributed by atoms with van der Waals surface area (Å²) in [5.74, 6) is 0.540. The Morgan fingerprint density at radius 2 is 1.69 bits per heavy atom. The fourth-order valence-corrected chi connectivity index (χ4v) is 5.87. The molecule has 0 amide bonds. The number of hydrogen-bond donors (Lipinski definition) is 2. The van der Waals surface area contributed by atoms with Gasteiger partial charge in [0, 0.05) is 38.3 Å². The number of anilines is 3. The zero-order valence-electron chi connectivity index (χ0n) is 22.3. The lowest BCUT2D eigenvalue weighted by Crippen LogP contribution is -2.58. The number of nitrogen functional groups attached to an aromatic ring is 1. The van der Waals surface area contributed by atoms with Crippen LogP contribution in [0.25, 0.3) is 0 Å². The van der Waals surface area contributed by atoms with Crippen molar-refractivity contribution < 1.29 is 13.5 Å². The predicted molar refractivity (Wildman–Crippen MR) is 151 cm³/mol. The second-order valence-corrected chi connectivity index (χ2v) is 10.7. The first-order valence-corrected chi connectivity index (χ1v) is 13.9. The second kappa shape index (κ2) is 12.0. The zero-order chi connectivity index (χ0) is 27.5. The number of nitrogens with one attached hydrogen (secondary N) is 1. The summed E-state index contributed by atoms with van der Waals surface area (Å²) in [5.41, 5.74) is 8.97. The lowest BCUT2D eigenvalue weighted by atomic mass is 9.92. The first-order valence-electron chi connectivity index (χ1n) is 13.6.